The standard InChI is InChI=1S/C60H74N2O14S2/c1-3-50(63)71-35-13-7-5-11-33-69-44-25-29-46(30-26-44)73-56(65)39-17-21-41(22-18-39)58(67)75-52-48-15-9-10-16-49(48)53(55-54(52)77-60(78-55)43(37-61)38-62)76-59(68)42-23-19-40(20-24-42)57(66)74-47-31-27-45(28-32-47)70-34-12-6-8-14-36-72-51(64)4-2/h3-4,9-10,15-16,39-42,44-47H,1-2,5-8,11-14,17-36H2. The predicted molar refractivity (Wildman–Crippen MR) is 292 cm³/mol. The average molecular weight is 1110 g/mol. The molecule has 0 bridgehead atoms. The molecule has 420 valence electrons. The van der Waals surface area contributed by atoms with E-state index < -0.39 is 35.7 Å². The van der Waals surface area contributed by atoms with E-state index in [-0.39, 0.29) is 65.3 Å². The maximum absolute atomic E-state index is 14.1. The van der Waals surface area contributed by atoms with Gasteiger partial charge in [0.2, 0.25) is 0 Å². The molecule has 7 rings (SSSR count). The number of nitriles is 2. The maximum atomic E-state index is 14.1. The SMILES string of the molecule is C=CC(=O)OCCCCCCOC1CCC(OC(=O)C2CCC(C(=O)Oc3c4c(c(OC(=O)C5CCC(C(=O)OC6CCC(OCCCCCCOC(=O)C=C)CC6)CC5)c5ccccc35)SC(=C(C#N)C#N)S4)CC2)CC1. The summed E-state index contributed by atoms with van der Waals surface area (Å²) in [5.74, 6) is -3.24. The first-order valence-electron chi connectivity index (χ1n) is 28.1. The number of fused-ring (bicyclic) bond motifs is 2. The minimum atomic E-state index is -0.477. The monoisotopic (exact) mass is 1110 g/mol. The molecular weight excluding hydrogens is 1040 g/mol. The zero-order chi connectivity index (χ0) is 55.2. The Morgan fingerprint density at radius 3 is 1.15 bits per heavy atom. The topological polar surface area (TPSA) is 224 Å². The molecule has 0 unspecified atom stereocenters. The summed E-state index contributed by atoms with van der Waals surface area (Å²) in [6.07, 6.45) is 19.6. The fraction of sp³-hybridized carbons (Fsp3) is 0.600. The Balaban J connectivity index is 0.862. The quantitative estimate of drug-likeness (QED) is 0.0213. The number of hydrogen-bond donors (Lipinski definition) is 0. The second-order valence-corrected chi connectivity index (χ2v) is 23.2. The highest BCUT2D eigenvalue weighted by atomic mass is 32.2. The lowest BCUT2D eigenvalue weighted by Gasteiger charge is -2.31. The van der Waals surface area contributed by atoms with Gasteiger partial charge in [-0.2, -0.15) is 10.5 Å². The van der Waals surface area contributed by atoms with E-state index in [0.717, 1.165) is 126 Å². The first kappa shape index (κ1) is 60.0. The number of nitrogens with zero attached hydrogens (tertiary/aromatic N) is 2. The molecule has 5 aliphatic rings. The van der Waals surface area contributed by atoms with Crippen molar-refractivity contribution in [3.05, 3.63) is 59.4 Å². The molecule has 0 aromatic heterocycles. The van der Waals surface area contributed by atoms with E-state index in [4.69, 9.17) is 37.9 Å². The Kier molecular flexibility index (Phi) is 24.0. The Labute approximate surface area is 466 Å². The smallest absolute Gasteiger partial charge is 0.330 e. The molecule has 0 radical (unpaired) electrons. The van der Waals surface area contributed by atoms with Gasteiger partial charge in [-0.15, -0.1) is 0 Å². The number of thioether (sulfide) groups is 2. The number of carbonyl (C=O) groups excluding carboxylic acids is 6. The van der Waals surface area contributed by atoms with Gasteiger partial charge in [-0.25, -0.2) is 9.59 Å². The number of allylic oxidation sites excluding steroid dienone is 1. The lowest BCUT2D eigenvalue weighted by Crippen LogP contribution is -2.33. The van der Waals surface area contributed by atoms with Crippen LogP contribution >= 0.6 is 23.5 Å². The Morgan fingerprint density at radius 1 is 0.474 bits per heavy atom. The molecule has 0 atom stereocenters. The van der Waals surface area contributed by atoms with E-state index >= 15 is 0 Å². The van der Waals surface area contributed by atoms with E-state index in [1.54, 1.807) is 24.3 Å². The molecule has 1 heterocycles. The van der Waals surface area contributed by atoms with Crippen molar-refractivity contribution in [2.45, 2.75) is 188 Å². The van der Waals surface area contributed by atoms with Crippen molar-refractivity contribution in [3.63, 3.8) is 0 Å². The van der Waals surface area contributed by atoms with E-state index in [2.05, 4.69) is 13.2 Å². The van der Waals surface area contributed by atoms with Crippen molar-refractivity contribution in [2.24, 2.45) is 23.7 Å². The van der Waals surface area contributed by atoms with Crippen LogP contribution < -0.4 is 9.47 Å². The highest BCUT2D eigenvalue weighted by molar-refractivity contribution is 8.24. The molecule has 4 fully saturated rings. The van der Waals surface area contributed by atoms with Crippen molar-refractivity contribution < 1.29 is 66.7 Å². The minimum absolute atomic E-state index is 0.117. The van der Waals surface area contributed by atoms with Gasteiger partial charge in [-0.3, -0.25) is 19.2 Å². The van der Waals surface area contributed by atoms with Gasteiger partial charge >= 0.3 is 35.8 Å². The van der Waals surface area contributed by atoms with Crippen LogP contribution in [0.4, 0.5) is 0 Å². The van der Waals surface area contributed by atoms with Crippen LogP contribution in [0.25, 0.3) is 10.8 Å². The van der Waals surface area contributed by atoms with Crippen molar-refractivity contribution in [1.29, 1.82) is 10.5 Å². The van der Waals surface area contributed by atoms with E-state index in [9.17, 15) is 39.3 Å². The van der Waals surface area contributed by atoms with Gasteiger partial charge in [-0.05, 0) is 141 Å². The lowest BCUT2D eigenvalue weighted by molar-refractivity contribution is -0.160. The molecule has 1 aliphatic heterocycles. The second-order valence-electron chi connectivity index (χ2n) is 20.9. The lowest BCUT2D eigenvalue weighted by atomic mass is 9.82. The highest BCUT2D eigenvalue weighted by Gasteiger charge is 2.39. The van der Waals surface area contributed by atoms with Crippen molar-refractivity contribution >= 4 is 70.1 Å². The molecule has 16 nitrogen and oxygen atoms in total. The number of esters is 6. The van der Waals surface area contributed by atoms with Crippen LogP contribution in [0.1, 0.15) is 154 Å². The Morgan fingerprint density at radius 2 is 0.808 bits per heavy atom. The molecule has 2 aromatic rings. The number of hydrogen-bond acceptors (Lipinski definition) is 18. The summed E-state index contributed by atoms with van der Waals surface area (Å²) in [5, 5.41) is 20.8. The zero-order valence-corrected chi connectivity index (χ0v) is 46.4. The first-order chi connectivity index (χ1) is 38.0. The fourth-order valence-corrected chi connectivity index (χ4v) is 13.4. The molecule has 0 amide bonds. The van der Waals surface area contributed by atoms with Gasteiger partial charge in [0.1, 0.15) is 29.9 Å². The number of ether oxygens (including phenoxy) is 8. The van der Waals surface area contributed by atoms with Gasteiger partial charge in [0.25, 0.3) is 0 Å². The molecular formula is C60H74N2O14S2. The number of rotatable bonds is 26. The van der Waals surface area contributed by atoms with Crippen LogP contribution in [-0.4, -0.2) is 86.7 Å². The largest absolute Gasteiger partial charge is 0.463 e. The van der Waals surface area contributed by atoms with Crippen LogP contribution in [0.5, 0.6) is 11.5 Å². The van der Waals surface area contributed by atoms with Gasteiger partial charge in [0.15, 0.2) is 11.5 Å². The summed E-state index contributed by atoms with van der Waals surface area (Å²) in [6, 6.07) is 11.1. The summed E-state index contributed by atoms with van der Waals surface area (Å²) >= 11 is 2.26. The highest BCUT2D eigenvalue weighted by Crippen LogP contribution is 2.62. The first-order valence-corrected chi connectivity index (χ1v) is 29.8. The minimum Gasteiger partial charge on any atom is -0.463 e. The molecule has 78 heavy (non-hydrogen) atoms. The molecule has 0 spiro atoms. The number of unbranched alkanes of at least 4 members (excludes halogenated alkanes) is 6. The van der Waals surface area contributed by atoms with Crippen LogP contribution in [0.3, 0.4) is 0 Å². The van der Waals surface area contributed by atoms with E-state index in [1.807, 2.05) is 12.1 Å². The number of benzene rings is 2. The van der Waals surface area contributed by atoms with E-state index in [0.29, 0.717) is 103 Å². The van der Waals surface area contributed by atoms with Crippen LogP contribution in [-0.2, 0) is 57.2 Å². The number of carbonyl (C=O) groups is 6. The fourth-order valence-electron chi connectivity index (χ4n) is 10.9. The van der Waals surface area contributed by atoms with Gasteiger partial charge in [-0.1, -0.05) is 73.8 Å². The summed E-state index contributed by atoms with van der Waals surface area (Å²) < 4.78 is 47.2. The van der Waals surface area contributed by atoms with E-state index in [1.165, 1.54) is 12.2 Å². The third kappa shape index (κ3) is 17.4. The Hall–Kier alpha value is -5.66. The molecule has 4 saturated carbocycles. The molecule has 18 heteroatoms. The zero-order valence-electron chi connectivity index (χ0n) is 44.7. The molecule has 2 aromatic carbocycles. The summed E-state index contributed by atoms with van der Waals surface area (Å²) in [5.41, 5.74) is -0.117. The van der Waals surface area contributed by atoms with Crippen LogP contribution in [0, 0.1) is 46.3 Å². The Bertz CT molecular complexity index is 2380. The second kappa shape index (κ2) is 31.2. The molecule has 0 saturated heterocycles. The summed E-state index contributed by atoms with van der Waals surface area (Å²) in [7, 11) is 0. The van der Waals surface area contributed by atoms with Crippen LogP contribution in [0.15, 0.2) is 69.2 Å². The van der Waals surface area contributed by atoms with Gasteiger partial charge in [0.05, 0.1) is 63.1 Å². The van der Waals surface area contributed by atoms with Gasteiger partial charge < -0.3 is 37.9 Å². The van der Waals surface area contributed by atoms with Crippen molar-refractivity contribution in [3.8, 4) is 23.6 Å². The van der Waals surface area contributed by atoms with Crippen molar-refractivity contribution in [2.75, 3.05) is 26.4 Å². The molecule has 4 aliphatic carbocycles. The van der Waals surface area contributed by atoms with Crippen LogP contribution in [0.2, 0.25) is 0 Å². The summed E-state index contributed by atoms with van der Waals surface area (Å²) in [4.78, 5) is 78.1. The third-order valence-corrected chi connectivity index (χ3v) is 18.1. The van der Waals surface area contributed by atoms with Crippen molar-refractivity contribution in [1.82, 2.24) is 0 Å². The average Bonchev–Trinajstić information content (AvgIpc) is 3.92. The third-order valence-electron chi connectivity index (χ3n) is 15.5. The summed E-state index contributed by atoms with van der Waals surface area (Å²) in [6.45, 7) is 8.92. The maximum Gasteiger partial charge on any atom is 0.330 e. The normalized spacial score (nSPS) is 23.8. The molecule has 0 N–H and O–H groups in total. The van der Waals surface area contributed by atoms with Gasteiger partial charge in [0, 0.05) is 36.1 Å². The predicted octanol–water partition coefficient (Wildman–Crippen LogP) is 12.0.